The number of carbonyl (C=O) groups excluding carboxylic acids is 1. The molecule has 7 heteroatoms. The predicted molar refractivity (Wildman–Crippen MR) is 73.9 cm³/mol. The lowest BCUT2D eigenvalue weighted by molar-refractivity contribution is 0.0995. The number of carbonyl (C=O) groups is 1. The number of nitrogens with one attached hydrogen (secondary N) is 1. The highest BCUT2D eigenvalue weighted by molar-refractivity contribution is 7.89. The maximum atomic E-state index is 11.9. The summed E-state index contributed by atoms with van der Waals surface area (Å²) in [7, 11) is -3.80. The number of nitrogens with two attached hydrogens (primary N) is 1. The molecule has 0 atom stereocenters. The van der Waals surface area contributed by atoms with Crippen molar-refractivity contribution in [3.63, 3.8) is 0 Å². The van der Waals surface area contributed by atoms with Crippen LogP contribution in [0.25, 0.3) is 0 Å². The smallest absolute Gasteiger partial charge is 0.291 e. The second-order valence-electron chi connectivity index (χ2n) is 4.15. The lowest BCUT2D eigenvalue weighted by atomic mass is 10.3. The number of anilines is 1. The highest BCUT2D eigenvalue weighted by atomic mass is 32.2. The summed E-state index contributed by atoms with van der Waals surface area (Å²) >= 11 is 0. The van der Waals surface area contributed by atoms with Gasteiger partial charge in [-0.3, -0.25) is 4.79 Å². The van der Waals surface area contributed by atoms with Gasteiger partial charge in [0.1, 0.15) is 5.76 Å². The topological polar surface area (TPSA) is 102 Å². The molecule has 0 radical (unpaired) electrons. The molecule has 20 heavy (non-hydrogen) atoms. The number of primary sulfonamides is 1. The van der Waals surface area contributed by atoms with Crippen molar-refractivity contribution in [3.05, 3.63) is 47.9 Å². The normalized spacial score (nSPS) is 11.3. The molecule has 6 nitrogen and oxygen atoms in total. The molecule has 1 aromatic carbocycles. The highest BCUT2D eigenvalue weighted by Crippen LogP contribution is 2.16. The Morgan fingerprint density at radius 3 is 2.65 bits per heavy atom. The molecular formula is C13H14N2O4S. The van der Waals surface area contributed by atoms with E-state index in [1.165, 1.54) is 18.2 Å². The highest BCUT2D eigenvalue weighted by Gasteiger charge is 2.13. The van der Waals surface area contributed by atoms with Crippen LogP contribution in [0.15, 0.2) is 45.7 Å². The van der Waals surface area contributed by atoms with Crippen molar-refractivity contribution in [3.8, 4) is 0 Å². The van der Waals surface area contributed by atoms with Crippen LogP contribution >= 0.6 is 0 Å². The van der Waals surface area contributed by atoms with Gasteiger partial charge in [0.05, 0.1) is 4.90 Å². The third-order valence-electron chi connectivity index (χ3n) is 2.65. The Bertz CT molecular complexity index is 734. The molecule has 106 valence electrons. The number of benzene rings is 1. The number of rotatable bonds is 4. The van der Waals surface area contributed by atoms with Gasteiger partial charge in [-0.25, -0.2) is 13.6 Å². The molecule has 0 spiro atoms. The minimum absolute atomic E-state index is 0.0657. The van der Waals surface area contributed by atoms with Gasteiger partial charge in [0.15, 0.2) is 5.76 Å². The van der Waals surface area contributed by atoms with Gasteiger partial charge in [-0.2, -0.15) is 0 Å². The van der Waals surface area contributed by atoms with Gasteiger partial charge >= 0.3 is 0 Å². The van der Waals surface area contributed by atoms with Crippen molar-refractivity contribution in [2.45, 2.75) is 18.2 Å². The van der Waals surface area contributed by atoms with Gasteiger partial charge in [-0.05, 0) is 30.3 Å². The fourth-order valence-corrected chi connectivity index (χ4v) is 2.19. The monoisotopic (exact) mass is 294 g/mol. The van der Waals surface area contributed by atoms with Gasteiger partial charge < -0.3 is 9.73 Å². The molecule has 3 N–H and O–H groups in total. The van der Waals surface area contributed by atoms with Crippen molar-refractivity contribution in [1.82, 2.24) is 0 Å². The zero-order chi connectivity index (χ0) is 14.8. The van der Waals surface area contributed by atoms with Crippen molar-refractivity contribution in [2.24, 2.45) is 5.14 Å². The van der Waals surface area contributed by atoms with E-state index in [4.69, 9.17) is 9.56 Å². The van der Waals surface area contributed by atoms with Crippen molar-refractivity contribution in [1.29, 1.82) is 0 Å². The Hall–Kier alpha value is -2.12. The van der Waals surface area contributed by atoms with Crippen LogP contribution in [0.1, 0.15) is 23.2 Å². The third-order valence-corrected chi connectivity index (χ3v) is 3.57. The molecular weight excluding hydrogens is 280 g/mol. The first-order chi connectivity index (χ1) is 9.40. The van der Waals surface area contributed by atoms with E-state index in [-0.39, 0.29) is 10.7 Å². The van der Waals surface area contributed by atoms with Crippen molar-refractivity contribution >= 4 is 21.6 Å². The van der Waals surface area contributed by atoms with Crippen LogP contribution in [0.5, 0.6) is 0 Å². The first-order valence-corrected chi connectivity index (χ1v) is 7.47. The van der Waals surface area contributed by atoms with Gasteiger partial charge in [0.2, 0.25) is 10.0 Å². The lowest BCUT2D eigenvalue weighted by Crippen LogP contribution is -2.14. The van der Waals surface area contributed by atoms with Crippen molar-refractivity contribution < 1.29 is 17.6 Å². The predicted octanol–water partition coefficient (Wildman–Crippen LogP) is 1.74. The number of hydrogen-bond donors (Lipinski definition) is 2. The Kier molecular flexibility index (Phi) is 3.91. The summed E-state index contributed by atoms with van der Waals surface area (Å²) in [5.41, 5.74) is 0.330. The van der Waals surface area contributed by atoms with Gasteiger partial charge in [-0.1, -0.05) is 13.0 Å². The van der Waals surface area contributed by atoms with E-state index in [0.717, 1.165) is 0 Å². The van der Waals surface area contributed by atoms with E-state index in [1.54, 1.807) is 18.2 Å². The fraction of sp³-hybridized carbons (Fsp3) is 0.154. The average Bonchev–Trinajstić information content (AvgIpc) is 2.87. The van der Waals surface area contributed by atoms with E-state index in [0.29, 0.717) is 17.9 Å². The molecule has 0 aliphatic rings. The second-order valence-corrected chi connectivity index (χ2v) is 5.71. The summed E-state index contributed by atoms with van der Waals surface area (Å²) in [6, 6.07) is 8.99. The van der Waals surface area contributed by atoms with E-state index in [1.807, 2.05) is 6.92 Å². The van der Waals surface area contributed by atoms with Crippen LogP contribution in [0.2, 0.25) is 0 Å². The minimum Gasteiger partial charge on any atom is -0.456 e. The zero-order valence-corrected chi connectivity index (χ0v) is 11.6. The summed E-state index contributed by atoms with van der Waals surface area (Å²) < 4.78 is 27.8. The molecule has 0 fully saturated rings. The first-order valence-electron chi connectivity index (χ1n) is 5.93. The maximum absolute atomic E-state index is 11.9. The molecule has 1 amide bonds. The van der Waals surface area contributed by atoms with E-state index in [2.05, 4.69) is 5.32 Å². The first kappa shape index (κ1) is 14.3. The molecule has 0 saturated heterocycles. The molecule has 1 heterocycles. The fourth-order valence-electron chi connectivity index (χ4n) is 1.63. The van der Waals surface area contributed by atoms with E-state index < -0.39 is 15.9 Å². The summed E-state index contributed by atoms with van der Waals surface area (Å²) in [4.78, 5) is 11.9. The minimum atomic E-state index is -3.80. The standard InChI is InChI=1S/C13H14N2O4S/c1-2-10-6-7-12(19-10)13(16)15-9-4-3-5-11(8-9)20(14,17)18/h3-8H,2H2,1H3,(H,15,16)(H2,14,17,18). The van der Waals surface area contributed by atoms with E-state index in [9.17, 15) is 13.2 Å². The Balaban J connectivity index is 2.20. The number of aryl methyl sites for hydroxylation is 1. The van der Waals surface area contributed by atoms with Crippen LogP contribution in [0.3, 0.4) is 0 Å². The van der Waals surface area contributed by atoms with Crippen LogP contribution in [-0.2, 0) is 16.4 Å². The summed E-state index contributed by atoms with van der Waals surface area (Å²) in [5.74, 6) is 0.424. The third kappa shape index (κ3) is 3.25. The molecule has 1 aromatic heterocycles. The van der Waals surface area contributed by atoms with Crippen LogP contribution in [-0.4, -0.2) is 14.3 Å². The number of furan rings is 1. The Labute approximate surface area is 116 Å². The second kappa shape index (κ2) is 5.48. The molecule has 2 aromatic rings. The van der Waals surface area contributed by atoms with Crippen molar-refractivity contribution in [2.75, 3.05) is 5.32 Å². The van der Waals surface area contributed by atoms with Gasteiger partial charge in [0, 0.05) is 12.1 Å². The maximum Gasteiger partial charge on any atom is 0.291 e. The summed E-state index contributed by atoms with van der Waals surface area (Å²) in [6.45, 7) is 1.91. The van der Waals surface area contributed by atoms with Crippen LogP contribution < -0.4 is 10.5 Å². The SMILES string of the molecule is CCc1ccc(C(=O)Nc2cccc(S(N)(=O)=O)c2)o1. The zero-order valence-electron chi connectivity index (χ0n) is 10.8. The summed E-state index contributed by atoms with van der Waals surface area (Å²) in [5, 5.41) is 7.59. The molecule has 0 saturated carbocycles. The molecule has 0 aliphatic carbocycles. The molecule has 0 unspecified atom stereocenters. The quantitative estimate of drug-likeness (QED) is 0.896. The molecule has 0 aliphatic heterocycles. The van der Waals surface area contributed by atoms with E-state index >= 15 is 0 Å². The van der Waals surface area contributed by atoms with Crippen LogP contribution in [0.4, 0.5) is 5.69 Å². The van der Waals surface area contributed by atoms with Crippen LogP contribution in [0, 0.1) is 0 Å². The lowest BCUT2D eigenvalue weighted by Gasteiger charge is -2.05. The Morgan fingerprint density at radius 2 is 2.05 bits per heavy atom. The number of hydrogen-bond acceptors (Lipinski definition) is 4. The number of amides is 1. The average molecular weight is 294 g/mol. The molecule has 2 rings (SSSR count). The number of sulfonamides is 1. The summed E-state index contributed by atoms with van der Waals surface area (Å²) in [6.07, 6.45) is 0.689. The van der Waals surface area contributed by atoms with Gasteiger partial charge in [-0.15, -0.1) is 0 Å². The molecule has 0 bridgehead atoms. The van der Waals surface area contributed by atoms with Gasteiger partial charge in [0.25, 0.3) is 5.91 Å². The Morgan fingerprint density at radius 1 is 1.30 bits per heavy atom. The largest absolute Gasteiger partial charge is 0.456 e.